The highest BCUT2D eigenvalue weighted by Gasteiger charge is 2.06. The zero-order chi connectivity index (χ0) is 10.1. The van der Waals surface area contributed by atoms with Crippen molar-refractivity contribution in [2.75, 3.05) is 0 Å². The molecule has 0 saturated carbocycles. The molecule has 3 heteroatoms. The van der Waals surface area contributed by atoms with Crippen molar-refractivity contribution in [3.05, 3.63) is 33.7 Å². The Kier molecular flexibility index (Phi) is 2.45. The van der Waals surface area contributed by atoms with Gasteiger partial charge in [-0.15, -0.1) is 11.3 Å². The molecule has 0 aliphatic carbocycles. The Balaban J connectivity index is 2.66. The minimum Gasteiger partial charge on any atom is -0.198 e. The molecule has 0 amide bonds. The fraction of sp³-hybridized carbons (Fsp3) is 0.182. The summed E-state index contributed by atoms with van der Waals surface area (Å²) in [4.78, 5) is 1.08. The lowest BCUT2D eigenvalue weighted by Crippen LogP contribution is -1.73. The van der Waals surface area contributed by atoms with E-state index < -0.39 is 0 Å². The zero-order valence-electron chi connectivity index (χ0n) is 7.67. The molecule has 70 valence electrons. The Morgan fingerprint density at radius 1 is 1.50 bits per heavy atom. The van der Waals surface area contributed by atoms with Crippen LogP contribution in [0.2, 0.25) is 5.02 Å². The van der Waals surface area contributed by atoms with E-state index in [9.17, 15) is 0 Å². The summed E-state index contributed by atoms with van der Waals surface area (Å²) in [5.74, 6) is 0. The van der Waals surface area contributed by atoms with E-state index in [2.05, 4.69) is 12.1 Å². The number of aryl methyl sites for hydroxylation is 1. The van der Waals surface area contributed by atoms with Crippen molar-refractivity contribution < 1.29 is 0 Å². The third-order valence-corrected chi connectivity index (χ3v) is 3.73. The first kappa shape index (κ1) is 9.51. The van der Waals surface area contributed by atoms with Gasteiger partial charge in [0.1, 0.15) is 0 Å². The SMILES string of the molecule is Cc1ccc2sc(CC#N)cc2c1Cl. The van der Waals surface area contributed by atoms with Gasteiger partial charge in [0.25, 0.3) is 0 Å². The molecule has 1 heterocycles. The van der Waals surface area contributed by atoms with Crippen molar-refractivity contribution in [2.45, 2.75) is 13.3 Å². The summed E-state index contributed by atoms with van der Waals surface area (Å²) >= 11 is 7.80. The molecular weight excluding hydrogens is 214 g/mol. The lowest BCUT2D eigenvalue weighted by atomic mass is 10.2. The van der Waals surface area contributed by atoms with Crippen LogP contribution in [0.25, 0.3) is 10.1 Å². The maximum absolute atomic E-state index is 8.59. The van der Waals surface area contributed by atoms with E-state index in [1.54, 1.807) is 11.3 Å². The fourth-order valence-corrected chi connectivity index (χ4v) is 2.68. The molecule has 2 rings (SSSR count). The standard InChI is InChI=1S/C11H8ClNS/c1-7-2-3-10-9(11(7)12)6-8(14-10)4-5-13/h2-3,6H,4H2,1H3. The van der Waals surface area contributed by atoms with Gasteiger partial charge in [-0.25, -0.2) is 0 Å². The number of nitrogens with zero attached hydrogens (tertiary/aromatic N) is 1. The van der Waals surface area contributed by atoms with Crippen LogP contribution in [0.1, 0.15) is 10.4 Å². The van der Waals surface area contributed by atoms with Gasteiger partial charge in [0.05, 0.1) is 17.5 Å². The molecular formula is C11H8ClNS. The van der Waals surface area contributed by atoms with Crippen molar-refractivity contribution in [3.8, 4) is 6.07 Å². The van der Waals surface area contributed by atoms with Crippen LogP contribution >= 0.6 is 22.9 Å². The number of thiophene rings is 1. The van der Waals surface area contributed by atoms with Gasteiger partial charge in [-0.05, 0) is 24.6 Å². The van der Waals surface area contributed by atoms with Crippen molar-refractivity contribution in [3.63, 3.8) is 0 Å². The maximum atomic E-state index is 8.59. The molecule has 0 radical (unpaired) electrons. The van der Waals surface area contributed by atoms with E-state index in [1.807, 2.05) is 19.1 Å². The lowest BCUT2D eigenvalue weighted by Gasteiger charge is -1.97. The van der Waals surface area contributed by atoms with Crippen LogP contribution in [0, 0.1) is 18.3 Å². The Hall–Kier alpha value is -1.04. The van der Waals surface area contributed by atoms with Crippen LogP contribution in [0.4, 0.5) is 0 Å². The Morgan fingerprint density at radius 2 is 2.29 bits per heavy atom. The monoisotopic (exact) mass is 221 g/mol. The minimum absolute atomic E-state index is 0.467. The molecule has 14 heavy (non-hydrogen) atoms. The summed E-state index contributed by atoms with van der Waals surface area (Å²) in [6.07, 6.45) is 0.467. The smallest absolute Gasteiger partial charge is 0.0696 e. The van der Waals surface area contributed by atoms with Crippen LogP contribution < -0.4 is 0 Å². The van der Waals surface area contributed by atoms with Crippen molar-refractivity contribution in [1.82, 2.24) is 0 Å². The quantitative estimate of drug-likeness (QED) is 0.716. The average Bonchev–Trinajstić information content (AvgIpc) is 2.56. The van der Waals surface area contributed by atoms with Gasteiger partial charge in [-0.3, -0.25) is 0 Å². The van der Waals surface area contributed by atoms with Gasteiger partial charge in [-0.2, -0.15) is 5.26 Å². The first-order valence-corrected chi connectivity index (χ1v) is 5.46. The molecule has 0 unspecified atom stereocenters. The van der Waals surface area contributed by atoms with Gasteiger partial charge in [-0.1, -0.05) is 17.7 Å². The second kappa shape index (κ2) is 3.61. The van der Waals surface area contributed by atoms with E-state index >= 15 is 0 Å². The number of hydrogen-bond acceptors (Lipinski definition) is 2. The summed E-state index contributed by atoms with van der Waals surface area (Å²) in [6.45, 7) is 1.99. The van der Waals surface area contributed by atoms with Crippen LogP contribution in [-0.4, -0.2) is 0 Å². The number of rotatable bonds is 1. The molecule has 1 aromatic carbocycles. The summed E-state index contributed by atoms with van der Waals surface area (Å²) in [7, 11) is 0. The minimum atomic E-state index is 0.467. The Labute approximate surface area is 91.5 Å². The van der Waals surface area contributed by atoms with Crippen molar-refractivity contribution >= 4 is 33.0 Å². The first-order valence-electron chi connectivity index (χ1n) is 4.27. The number of benzene rings is 1. The highest BCUT2D eigenvalue weighted by molar-refractivity contribution is 7.19. The third kappa shape index (κ3) is 1.50. The maximum Gasteiger partial charge on any atom is 0.0696 e. The number of nitriles is 1. The van der Waals surface area contributed by atoms with Crippen molar-refractivity contribution in [1.29, 1.82) is 5.26 Å². The molecule has 0 atom stereocenters. The van der Waals surface area contributed by atoms with Crippen molar-refractivity contribution in [2.24, 2.45) is 0 Å². The topological polar surface area (TPSA) is 23.8 Å². The van der Waals surface area contributed by atoms with E-state index in [0.29, 0.717) is 6.42 Å². The highest BCUT2D eigenvalue weighted by atomic mass is 35.5. The molecule has 0 aliphatic rings. The Bertz CT molecular complexity index is 522. The van der Waals surface area contributed by atoms with Crippen LogP contribution in [0.5, 0.6) is 0 Å². The summed E-state index contributed by atoms with van der Waals surface area (Å²) in [5.41, 5.74) is 1.08. The highest BCUT2D eigenvalue weighted by Crippen LogP contribution is 2.33. The van der Waals surface area contributed by atoms with Gasteiger partial charge < -0.3 is 0 Å². The number of fused-ring (bicyclic) bond motifs is 1. The van der Waals surface area contributed by atoms with E-state index in [-0.39, 0.29) is 0 Å². The molecule has 0 fully saturated rings. The van der Waals surface area contributed by atoms with Crippen LogP contribution in [0.3, 0.4) is 0 Å². The first-order chi connectivity index (χ1) is 6.72. The summed E-state index contributed by atoms with van der Waals surface area (Å²) < 4.78 is 1.16. The van der Waals surface area contributed by atoms with Gasteiger partial charge in [0, 0.05) is 15.0 Å². The Morgan fingerprint density at radius 3 is 3.00 bits per heavy atom. The zero-order valence-corrected chi connectivity index (χ0v) is 9.25. The third-order valence-electron chi connectivity index (χ3n) is 2.13. The van der Waals surface area contributed by atoms with Gasteiger partial charge >= 0.3 is 0 Å². The molecule has 0 N–H and O–H groups in total. The van der Waals surface area contributed by atoms with Crippen LogP contribution in [0.15, 0.2) is 18.2 Å². The fourth-order valence-electron chi connectivity index (χ4n) is 1.40. The molecule has 0 spiro atoms. The van der Waals surface area contributed by atoms with E-state index in [4.69, 9.17) is 16.9 Å². The second-order valence-electron chi connectivity index (χ2n) is 3.16. The average molecular weight is 222 g/mol. The number of halogens is 1. The molecule has 0 aliphatic heterocycles. The molecule has 1 aromatic heterocycles. The molecule has 2 aromatic rings. The van der Waals surface area contributed by atoms with Gasteiger partial charge in [0.2, 0.25) is 0 Å². The summed E-state index contributed by atoms with van der Waals surface area (Å²) in [6, 6.07) is 8.23. The second-order valence-corrected chi connectivity index (χ2v) is 4.70. The lowest BCUT2D eigenvalue weighted by molar-refractivity contribution is 1.32. The predicted molar refractivity (Wildman–Crippen MR) is 60.9 cm³/mol. The van der Waals surface area contributed by atoms with E-state index in [1.165, 1.54) is 0 Å². The largest absolute Gasteiger partial charge is 0.198 e. The molecule has 0 saturated heterocycles. The van der Waals surface area contributed by atoms with Crippen LogP contribution in [-0.2, 0) is 6.42 Å². The molecule has 0 bridgehead atoms. The predicted octanol–water partition coefficient (Wildman–Crippen LogP) is 3.93. The normalized spacial score (nSPS) is 10.4. The number of hydrogen-bond donors (Lipinski definition) is 0. The van der Waals surface area contributed by atoms with E-state index in [0.717, 1.165) is 25.5 Å². The molecule has 1 nitrogen and oxygen atoms in total. The summed E-state index contributed by atoms with van der Waals surface area (Å²) in [5, 5.41) is 10.5. The van der Waals surface area contributed by atoms with Gasteiger partial charge in [0.15, 0.2) is 0 Å².